The number of carbonyl (C=O) groups excluding carboxylic acids is 1. The smallest absolute Gasteiger partial charge is 0.338 e. The highest BCUT2D eigenvalue weighted by Crippen LogP contribution is 2.13. The molecule has 0 spiro atoms. The van der Waals surface area contributed by atoms with Crippen molar-refractivity contribution in [2.24, 2.45) is 0 Å². The fourth-order valence-electron chi connectivity index (χ4n) is 2.09. The van der Waals surface area contributed by atoms with Crippen LogP contribution in [0.1, 0.15) is 35.1 Å². The Morgan fingerprint density at radius 3 is 2.89 bits per heavy atom. The molecule has 19 heavy (non-hydrogen) atoms. The Kier molecular flexibility index (Phi) is 4.34. The molecule has 0 saturated heterocycles. The molecule has 0 fully saturated rings. The van der Waals surface area contributed by atoms with E-state index in [4.69, 9.17) is 4.74 Å². The molecule has 0 aliphatic heterocycles. The number of aryl methyl sites for hydroxylation is 1. The monoisotopic (exact) mass is 258 g/mol. The summed E-state index contributed by atoms with van der Waals surface area (Å²) < 4.78 is 6.88. The van der Waals surface area contributed by atoms with Crippen LogP contribution in [0.25, 0.3) is 0 Å². The van der Waals surface area contributed by atoms with Gasteiger partial charge < -0.3 is 9.30 Å². The number of rotatable bonds is 5. The Morgan fingerprint density at radius 2 is 2.16 bits per heavy atom. The topological polar surface area (TPSA) is 44.1 Å². The van der Waals surface area contributed by atoms with Crippen LogP contribution in [0.3, 0.4) is 0 Å². The molecular formula is C15H18N2O2. The third-order valence-corrected chi connectivity index (χ3v) is 3.04. The maximum absolute atomic E-state index is 11.7. The lowest BCUT2D eigenvalue weighted by molar-refractivity contribution is 0.0599. The van der Waals surface area contributed by atoms with E-state index in [1.54, 1.807) is 12.3 Å². The molecule has 2 aromatic rings. The number of hydrogen-bond donors (Lipinski definition) is 0. The van der Waals surface area contributed by atoms with Gasteiger partial charge in [0.25, 0.3) is 0 Å². The van der Waals surface area contributed by atoms with Crippen LogP contribution in [-0.2, 0) is 17.7 Å². The highest BCUT2D eigenvalue weighted by molar-refractivity contribution is 5.90. The number of hydrogen-bond acceptors (Lipinski definition) is 3. The van der Waals surface area contributed by atoms with Gasteiger partial charge in [-0.15, -0.1) is 0 Å². The molecule has 0 saturated carbocycles. The molecule has 4 heteroatoms. The van der Waals surface area contributed by atoms with Crippen molar-refractivity contribution in [1.82, 2.24) is 9.55 Å². The number of esters is 1. The summed E-state index contributed by atoms with van der Waals surface area (Å²) in [6.45, 7) is 2.77. The number of benzene rings is 1. The zero-order chi connectivity index (χ0) is 13.7. The number of methoxy groups -OCH3 is 1. The van der Waals surface area contributed by atoms with Crippen molar-refractivity contribution in [1.29, 1.82) is 0 Å². The zero-order valence-corrected chi connectivity index (χ0v) is 11.3. The van der Waals surface area contributed by atoms with E-state index in [9.17, 15) is 4.79 Å². The van der Waals surface area contributed by atoms with Gasteiger partial charge in [-0.2, -0.15) is 0 Å². The summed E-state index contributed by atoms with van der Waals surface area (Å²) in [6.07, 6.45) is 5.73. The fourth-order valence-corrected chi connectivity index (χ4v) is 2.09. The molecule has 0 aliphatic carbocycles. The number of ether oxygens (including phenoxy) is 1. The van der Waals surface area contributed by atoms with E-state index in [0.717, 1.165) is 24.2 Å². The van der Waals surface area contributed by atoms with Gasteiger partial charge in [0.1, 0.15) is 5.82 Å². The summed E-state index contributed by atoms with van der Waals surface area (Å²) in [5.41, 5.74) is 1.56. The molecule has 4 nitrogen and oxygen atoms in total. The third kappa shape index (κ3) is 3.02. The van der Waals surface area contributed by atoms with Crippen molar-refractivity contribution < 1.29 is 9.53 Å². The summed E-state index contributed by atoms with van der Waals surface area (Å²) in [5, 5.41) is 0. The molecule has 1 heterocycles. The first-order chi connectivity index (χ1) is 9.26. The summed E-state index contributed by atoms with van der Waals surface area (Å²) in [7, 11) is 1.40. The van der Waals surface area contributed by atoms with Crippen LogP contribution in [0.4, 0.5) is 0 Å². The second kappa shape index (κ2) is 6.18. The van der Waals surface area contributed by atoms with E-state index < -0.39 is 0 Å². The Morgan fingerprint density at radius 1 is 1.37 bits per heavy atom. The van der Waals surface area contributed by atoms with Crippen LogP contribution in [0.5, 0.6) is 0 Å². The van der Waals surface area contributed by atoms with Crippen molar-refractivity contribution in [2.45, 2.75) is 26.3 Å². The number of nitrogens with zero attached hydrogens (tertiary/aromatic N) is 2. The van der Waals surface area contributed by atoms with Gasteiger partial charge in [-0.05, 0) is 18.1 Å². The second-order valence-corrected chi connectivity index (χ2v) is 4.37. The molecule has 2 rings (SSSR count). The molecule has 0 amide bonds. The second-order valence-electron chi connectivity index (χ2n) is 4.37. The van der Waals surface area contributed by atoms with Crippen LogP contribution < -0.4 is 0 Å². The van der Waals surface area contributed by atoms with Crippen LogP contribution in [-0.4, -0.2) is 22.6 Å². The van der Waals surface area contributed by atoms with Gasteiger partial charge in [-0.25, -0.2) is 9.78 Å². The predicted molar refractivity (Wildman–Crippen MR) is 73.1 cm³/mol. The van der Waals surface area contributed by atoms with Gasteiger partial charge in [-0.3, -0.25) is 0 Å². The summed E-state index contributed by atoms with van der Waals surface area (Å²) in [6, 6.07) is 7.51. The average Bonchev–Trinajstić information content (AvgIpc) is 2.86. The van der Waals surface area contributed by atoms with Gasteiger partial charge in [0, 0.05) is 25.4 Å². The highest BCUT2D eigenvalue weighted by atomic mass is 16.5. The summed E-state index contributed by atoms with van der Waals surface area (Å²) in [5.74, 6) is 0.745. The molecule has 0 unspecified atom stereocenters. The van der Waals surface area contributed by atoms with Crippen LogP contribution in [0.15, 0.2) is 36.7 Å². The quantitative estimate of drug-likeness (QED) is 0.774. The normalized spacial score (nSPS) is 10.4. The number of carbonyl (C=O) groups is 1. The minimum Gasteiger partial charge on any atom is -0.465 e. The Balaban J connectivity index is 2.28. The van der Waals surface area contributed by atoms with E-state index >= 15 is 0 Å². The Bertz CT molecular complexity index is 561. The first-order valence-corrected chi connectivity index (χ1v) is 6.42. The molecule has 1 aromatic carbocycles. The summed E-state index contributed by atoms with van der Waals surface area (Å²) >= 11 is 0. The Labute approximate surface area is 113 Å². The van der Waals surface area contributed by atoms with E-state index in [1.807, 2.05) is 24.4 Å². The van der Waals surface area contributed by atoms with Gasteiger partial charge in [0.05, 0.1) is 12.7 Å². The van der Waals surface area contributed by atoms with Gasteiger partial charge in [-0.1, -0.05) is 25.1 Å². The highest BCUT2D eigenvalue weighted by Gasteiger charge is 2.12. The molecule has 0 atom stereocenters. The number of aromatic nitrogens is 2. The lowest BCUT2D eigenvalue weighted by Gasteiger charge is -2.10. The van der Waals surface area contributed by atoms with Crippen molar-refractivity contribution in [2.75, 3.05) is 7.11 Å². The lowest BCUT2D eigenvalue weighted by Crippen LogP contribution is -2.10. The standard InChI is InChI=1S/C15H18N2O2/c1-3-6-14-16-9-10-17(14)11-12-7-4-5-8-13(12)15(18)19-2/h4-5,7-10H,3,6,11H2,1-2H3. The molecular weight excluding hydrogens is 240 g/mol. The van der Waals surface area contributed by atoms with Gasteiger partial charge >= 0.3 is 5.97 Å². The minimum atomic E-state index is -0.298. The van der Waals surface area contributed by atoms with Crippen molar-refractivity contribution >= 4 is 5.97 Å². The van der Waals surface area contributed by atoms with Crippen LogP contribution in [0, 0.1) is 0 Å². The molecule has 100 valence electrons. The largest absolute Gasteiger partial charge is 0.465 e. The summed E-state index contributed by atoms with van der Waals surface area (Å²) in [4.78, 5) is 16.1. The first-order valence-electron chi connectivity index (χ1n) is 6.42. The van der Waals surface area contributed by atoms with Crippen molar-refractivity contribution in [3.05, 3.63) is 53.6 Å². The fraction of sp³-hybridized carbons (Fsp3) is 0.333. The molecule has 0 bridgehead atoms. The molecule has 0 aliphatic rings. The van der Waals surface area contributed by atoms with Crippen molar-refractivity contribution in [3.63, 3.8) is 0 Å². The SMILES string of the molecule is CCCc1nccn1Cc1ccccc1C(=O)OC. The lowest BCUT2D eigenvalue weighted by atomic mass is 10.1. The van der Waals surface area contributed by atoms with E-state index in [1.165, 1.54) is 7.11 Å². The van der Waals surface area contributed by atoms with Gasteiger partial charge in [0.15, 0.2) is 0 Å². The zero-order valence-electron chi connectivity index (χ0n) is 11.3. The maximum atomic E-state index is 11.7. The Hall–Kier alpha value is -2.10. The molecule has 0 N–H and O–H groups in total. The van der Waals surface area contributed by atoms with E-state index in [2.05, 4.69) is 16.5 Å². The van der Waals surface area contributed by atoms with Crippen LogP contribution in [0.2, 0.25) is 0 Å². The van der Waals surface area contributed by atoms with E-state index in [0.29, 0.717) is 12.1 Å². The minimum absolute atomic E-state index is 0.298. The molecule has 1 aromatic heterocycles. The third-order valence-electron chi connectivity index (χ3n) is 3.04. The number of imidazole rings is 1. The van der Waals surface area contributed by atoms with Crippen molar-refractivity contribution in [3.8, 4) is 0 Å². The predicted octanol–water partition coefficient (Wildman–Crippen LogP) is 2.67. The first kappa shape index (κ1) is 13.3. The molecule has 0 radical (unpaired) electrons. The van der Waals surface area contributed by atoms with Gasteiger partial charge in [0.2, 0.25) is 0 Å². The average molecular weight is 258 g/mol. The maximum Gasteiger partial charge on any atom is 0.338 e. The van der Waals surface area contributed by atoms with E-state index in [-0.39, 0.29) is 5.97 Å². The van der Waals surface area contributed by atoms with Crippen LogP contribution >= 0.6 is 0 Å².